The molecule has 0 saturated carbocycles. The van der Waals surface area contributed by atoms with Crippen LogP contribution in [0.5, 0.6) is 11.6 Å². The summed E-state index contributed by atoms with van der Waals surface area (Å²) in [6.07, 6.45) is -4.36. The van der Waals surface area contributed by atoms with Gasteiger partial charge in [0, 0.05) is 6.20 Å². The predicted octanol–water partition coefficient (Wildman–Crippen LogP) is 6.90. The molecular formula is C49H46NO10Si. The maximum Gasteiger partial charge on any atom is 0.338 e. The number of hydrogen-bond donors (Lipinski definition) is 0. The third kappa shape index (κ3) is 10.1. The van der Waals surface area contributed by atoms with E-state index in [0.29, 0.717) is 0 Å². The van der Waals surface area contributed by atoms with Crippen LogP contribution in [-0.2, 0) is 23.7 Å². The Morgan fingerprint density at radius 1 is 0.607 bits per heavy atom. The highest BCUT2D eigenvalue weighted by atomic mass is 28.3. The second kappa shape index (κ2) is 19.2. The lowest BCUT2D eigenvalue weighted by molar-refractivity contribution is -0.305. The molecule has 0 spiro atoms. The number of hydrogen-bond acceptors (Lipinski definition) is 11. The van der Waals surface area contributed by atoms with E-state index in [1.165, 1.54) is 13.3 Å². The maximum atomic E-state index is 14.6. The van der Waals surface area contributed by atoms with Crippen LogP contribution in [0.1, 0.15) is 51.8 Å². The van der Waals surface area contributed by atoms with E-state index < -0.39 is 62.1 Å². The third-order valence-electron chi connectivity index (χ3n) is 9.80. The van der Waals surface area contributed by atoms with E-state index in [-0.39, 0.29) is 34.9 Å². The largest absolute Gasteiger partial charge is 0.491 e. The zero-order chi connectivity index (χ0) is 42.8. The maximum absolute atomic E-state index is 14.6. The molecule has 0 aliphatic carbocycles. The van der Waals surface area contributed by atoms with Crippen molar-refractivity contribution in [3.63, 3.8) is 0 Å². The number of pyridine rings is 1. The van der Waals surface area contributed by atoms with Gasteiger partial charge in [-0.05, 0) is 79.7 Å². The van der Waals surface area contributed by atoms with Crippen LogP contribution in [0, 0.1) is 0 Å². The second-order valence-corrected chi connectivity index (χ2v) is 17.7. The van der Waals surface area contributed by atoms with E-state index in [4.69, 9.17) is 33.2 Å². The fourth-order valence-electron chi connectivity index (χ4n) is 6.99. The Morgan fingerprint density at radius 3 is 1.51 bits per heavy atom. The van der Waals surface area contributed by atoms with Crippen molar-refractivity contribution in [2.45, 2.75) is 56.2 Å². The van der Waals surface area contributed by atoms with Crippen LogP contribution in [0.25, 0.3) is 0 Å². The van der Waals surface area contributed by atoms with Gasteiger partial charge in [-0.1, -0.05) is 115 Å². The molecule has 6 aromatic rings. The molecule has 2 heterocycles. The van der Waals surface area contributed by atoms with Gasteiger partial charge in [0.15, 0.2) is 18.0 Å². The molecule has 7 rings (SSSR count). The molecule has 11 nitrogen and oxygen atoms in total. The monoisotopic (exact) mass is 836 g/mol. The molecule has 1 aromatic heterocycles. The lowest BCUT2D eigenvalue weighted by atomic mass is 9.97. The lowest BCUT2D eigenvalue weighted by Gasteiger charge is -2.53. The molecule has 311 valence electrons. The normalized spacial score (nSPS) is 20.0. The molecule has 1 saturated heterocycles. The molecular weight excluding hydrogens is 791 g/mol. The zero-order valence-electron chi connectivity index (χ0n) is 34.2. The summed E-state index contributed by atoms with van der Waals surface area (Å²) in [6, 6.07) is 47.7. The summed E-state index contributed by atoms with van der Waals surface area (Å²) in [5.74, 6) is -2.04. The average Bonchev–Trinajstić information content (AvgIpc) is 3.29. The minimum absolute atomic E-state index is 0.00322. The minimum Gasteiger partial charge on any atom is -0.491 e. The highest BCUT2D eigenvalue weighted by molar-refractivity contribution is 6.87. The van der Waals surface area contributed by atoms with Gasteiger partial charge in [-0.3, -0.25) is 0 Å². The molecule has 1 aliphatic rings. The van der Waals surface area contributed by atoms with Crippen molar-refractivity contribution in [3.8, 4) is 11.6 Å². The number of nitrogens with zero attached hydrogens (tertiary/aromatic N) is 1. The number of aromatic nitrogens is 1. The van der Waals surface area contributed by atoms with Gasteiger partial charge in [0.05, 0.1) is 36.0 Å². The summed E-state index contributed by atoms with van der Waals surface area (Å²) in [5, 5.41) is 1.55. The van der Waals surface area contributed by atoms with E-state index in [2.05, 4.69) is 4.98 Å². The van der Waals surface area contributed by atoms with Crippen LogP contribution in [0.2, 0.25) is 0 Å². The molecule has 12 heteroatoms. The first-order valence-electron chi connectivity index (χ1n) is 19.8. The standard InChI is InChI=1S/C49H46NO10Si/c1-48(2,3)55-33-40-41(56-45(51)34-21-10-5-11-22-34)42(57-46(52)35-23-12-6-13-24-35)43(58-47(53)36-25-14-7-15-26-36)49(59-40,60-44-39(54-4)31-20-32-50-44)61(37-27-16-8-17-28-37)38-29-18-9-19-30-38/h5-32,40-43H,33H2,1-4H3/t40-,41+,42+,43-,49-/m1/s1. The molecule has 1 fully saturated rings. The van der Waals surface area contributed by atoms with Gasteiger partial charge in [-0.2, -0.15) is 0 Å². The number of methoxy groups -OCH3 is 1. The molecule has 5 atom stereocenters. The third-order valence-corrected chi connectivity index (χ3v) is 12.8. The summed E-state index contributed by atoms with van der Waals surface area (Å²) in [4.78, 5) is 47.9. The van der Waals surface area contributed by atoms with Gasteiger partial charge >= 0.3 is 17.9 Å². The highest BCUT2D eigenvalue weighted by Gasteiger charge is 2.67. The quantitative estimate of drug-likeness (QED) is 0.0646. The van der Waals surface area contributed by atoms with Crippen LogP contribution in [-0.4, -0.2) is 80.8 Å². The van der Waals surface area contributed by atoms with Gasteiger partial charge in [0.1, 0.15) is 6.10 Å². The van der Waals surface area contributed by atoms with Crippen LogP contribution in [0.3, 0.4) is 0 Å². The second-order valence-electron chi connectivity index (χ2n) is 15.1. The number of benzene rings is 5. The summed E-state index contributed by atoms with van der Waals surface area (Å²) in [5.41, 5.74) is -2.17. The molecule has 0 bridgehead atoms. The number of ether oxygens (including phenoxy) is 7. The first-order valence-corrected chi connectivity index (χ1v) is 21.3. The van der Waals surface area contributed by atoms with Gasteiger partial charge < -0.3 is 33.2 Å². The van der Waals surface area contributed by atoms with Gasteiger partial charge in [0.25, 0.3) is 5.88 Å². The lowest BCUT2D eigenvalue weighted by Crippen LogP contribution is -2.79. The topological polar surface area (TPSA) is 129 Å². The van der Waals surface area contributed by atoms with E-state index in [1.54, 1.807) is 103 Å². The molecule has 0 unspecified atom stereocenters. The minimum atomic E-state index is -2.58. The fourth-order valence-corrected chi connectivity index (χ4v) is 10.2. The summed E-state index contributed by atoms with van der Waals surface area (Å²) in [6.45, 7) is 5.45. The Labute approximate surface area is 356 Å². The van der Waals surface area contributed by atoms with E-state index in [1.807, 2.05) is 81.4 Å². The number of carbonyl (C=O) groups is 3. The summed E-state index contributed by atoms with van der Waals surface area (Å²) < 4.78 is 46.5. The summed E-state index contributed by atoms with van der Waals surface area (Å²) in [7, 11) is -1.10. The Bertz CT molecular complexity index is 2330. The highest BCUT2D eigenvalue weighted by Crippen LogP contribution is 2.42. The van der Waals surface area contributed by atoms with Crippen LogP contribution in [0.15, 0.2) is 170 Å². The fraction of sp³-hybridized carbons (Fsp3) is 0.224. The summed E-state index contributed by atoms with van der Waals surface area (Å²) >= 11 is 0. The molecule has 0 amide bonds. The molecule has 5 aromatic carbocycles. The van der Waals surface area contributed by atoms with Crippen molar-refractivity contribution in [2.24, 2.45) is 0 Å². The SMILES string of the molecule is COc1cccnc1O[C@]1([Si](c2ccccc2)c2ccccc2)O[C@H](COC(C)(C)C)[C@H](OC(=O)c2ccccc2)[C@H](OC(=O)c2ccccc2)[C@H]1OC(=O)c1ccccc1. The number of carbonyl (C=O) groups excluding carboxylic acids is 3. The first kappa shape index (κ1) is 42.5. The van der Waals surface area contributed by atoms with Crippen LogP contribution >= 0.6 is 0 Å². The van der Waals surface area contributed by atoms with Crippen molar-refractivity contribution >= 4 is 37.1 Å². The van der Waals surface area contributed by atoms with Crippen LogP contribution < -0.4 is 19.8 Å². The molecule has 0 N–H and O–H groups in total. The Hall–Kier alpha value is -6.60. The van der Waals surface area contributed by atoms with Crippen LogP contribution in [0.4, 0.5) is 0 Å². The Balaban J connectivity index is 1.54. The van der Waals surface area contributed by atoms with Crippen molar-refractivity contribution in [2.75, 3.05) is 13.7 Å². The molecule has 61 heavy (non-hydrogen) atoms. The molecule has 1 radical (unpaired) electrons. The van der Waals surface area contributed by atoms with E-state index in [9.17, 15) is 14.4 Å². The zero-order valence-corrected chi connectivity index (χ0v) is 35.2. The average molecular weight is 837 g/mol. The molecule has 1 aliphatic heterocycles. The predicted molar refractivity (Wildman–Crippen MR) is 230 cm³/mol. The van der Waals surface area contributed by atoms with Crippen molar-refractivity contribution in [3.05, 3.63) is 187 Å². The van der Waals surface area contributed by atoms with Crippen molar-refractivity contribution in [1.82, 2.24) is 4.98 Å². The van der Waals surface area contributed by atoms with Crippen molar-refractivity contribution in [1.29, 1.82) is 0 Å². The van der Waals surface area contributed by atoms with Gasteiger partial charge in [-0.25, -0.2) is 19.4 Å². The van der Waals surface area contributed by atoms with Crippen molar-refractivity contribution < 1.29 is 47.5 Å². The number of esters is 3. The van der Waals surface area contributed by atoms with E-state index in [0.717, 1.165) is 10.4 Å². The Kier molecular flexibility index (Phi) is 13.4. The van der Waals surface area contributed by atoms with Gasteiger partial charge in [-0.15, -0.1) is 0 Å². The Morgan fingerprint density at radius 2 is 1.05 bits per heavy atom. The van der Waals surface area contributed by atoms with Gasteiger partial charge in [0.2, 0.25) is 20.3 Å². The number of rotatable bonds is 14. The van der Waals surface area contributed by atoms with E-state index >= 15 is 0 Å². The smallest absolute Gasteiger partial charge is 0.338 e. The first-order chi connectivity index (χ1) is 29.6.